The monoisotopic (exact) mass is 339 g/mol. The molecule has 0 aliphatic carbocycles. The molecule has 0 spiro atoms. The first-order valence-electron chi connectivity index (χ1n) is 7.02. The maximum absolute atomic E-state index is 13.1. The standard InChI is InChI=1S/C16H10FN5OS/c17-12-3-1-10(2-4-12)13-9-24-16-20-15(21-22(13)16)19-14(23)11-5-7-18-8-6-11/h1-9H,(H,19,21,23). The molecular weight excluding hydrogens is 329 g/mol. The summed E-state index contributed by atoms with van der Waals surface area (Å²) in [5, 5.41) is 8.86. The lowest BCUT2D eigenvalue weighted by molar-refractivity contribution is 0.102. The SMILES string of the molecule is O=C(Nc1nc2scc(-c3ccc(F)cc3)n2n1)c1ccncc1. The molecule has 3 heterocycles. The van der Waals surface area contributed by atoms with Crippen LogP contribution in [-0.4, -0.2) is 25.5 Å². The van der Waals surface area contributed by atoms with Gasteiger partial charge in [-0.1, -0.05) is 0 Å². The van der Waals surface area contributed by atoms with E-state index in [2.05, 4.69) is 20.4 Å². The van der Waals surface area contributed by atoms with E-state index in [1.165, 1.54) is 23.5 Å². The Morgan fingerprint density at radius 3 is 2.62 bits per heavy atom. The number of anilines is 1. The summed E-state index contributed by atoms with van der Waals surface area (Å²) in [5.41, 5.74) is 2.08. The fraction of sp³-hybridized carbons (Fsp3) is 0. The third-order valence-electron chi connectivity index (χ3n) is 3.39. The summed E-state index contributed by atoms with van der Waals surface area (Å²) >= 11 is 1.39. The minimum absolute atomic E-state index is 0.215. The van der Waals surface area contributed by atoms with Crippen molar-refractivity contribution in [2.75, 3.05) is 5.32 Å². The van der Waals surface area contributed by atoms with E-state index >= 15 is 0 Å². The summed E-state index contributed by atoms with van der Waals surface area (Å²) in [7, 11) is 0. The first-order chi connectivity index (χ1) is 11.7. The Bertz CT molecular complexity index is 1010. The van der Waals surface area contributed by atoms with Crippen molar-refractivity contribution in [1.29, 1.82) is 0 Å². The molecule has 0 bridgehead atoms. The van der Waals surface area contributed by atoms with E-state index in [4.69, 9.17) is 0 Å². The molecule has 1 aromatic carbocycles. The Balaban J connectivity index is 1.65. The molecule has 1 N–H and O–H groups in total. The number of benzene rings is 1. The fourth-order valence-electron chi connectivity index (χ4n) is 2.23. The van der Waals surface area contributed by atoms with Crippen LogP contribution in [-0.2, 0) is 0 Å². The van der Waals surface area contributed by atoms with Gasteiger partial charge in [-0.05, 0) is 36.4 Å². The number of halogens is 1. The zero-order valence-corrected chi connectivity index (χ0v) is 13.0. The normalized spacial score (nSPS) is 10.9. The molecule has 4 rings (SSSR count). The number of hydrogen-bond donors (Lipinski definition) is 1. The van der Waals surface area contributed by atoms with Crippen LogP contribution in [0, 0.1) is 5.82 Å². The lowest BCUT2D eigenvalue weighted by atomic mass is 10.2. The molecule has 0 aliphatic heterocycles. The highest BCUT2D eigenvalue weighted by molar-refractivity contribution is 7.15. The molecule has 0 unspecified atom stereocenters. The Labute approximate surface area is 139 Å². The van der Waals surface area contributed by atoms with Gasteiger partial charge in [-0.3, -0.25) is 15.1 Å². The third-order valence-corrected chi connectivity index (χ3v) is 4.21. The zero-order chi connectivity index (χ0) is 16.5. The van der Waals surface area contributed by atoms with Crippen molar-refractivity contribution in [3.8, 4) is 11.3 Å². The molecular formula is C16H10FN5OS. The van der Waals surface area contributed by atoms with Crippen LogP contribution >= 0.6 is 11.3 Å². The fourth-order valence-corrected chi connectivity index (χ4v) is 3.06. The second-order valence-corrected chi connectivity index (χ2v) is 5.78. The Morgan fingerprint density at radius 2 is 1.88 bits per heavy atom. The van der Waals surface area contributed by atoms with Gasteiger partial charge in [-0.25, -0.2) is 8.91 Å². The van der Waals surface area contributed by atoms with Crippen LogP contribution in [0.2, 0.25) is 0 Å². The predicted octanol–water partition coefficient (Wildman–Crippen LogP) is 3.24. The molecule has 0 radical (unpaired) electrons. The molecule has 4 aromatic rings. The summed E-state index contributed by atoms with van der Waals surface area (Å²) in [6.45, 7) is 0. The minimum atomic E-state index is -0.306. The van der Waals surface area contributed by atoms with E-state index in [0.29, 0.717) is 10.5 Å². The van der Waals surface area contributed by atoms with E-state index in [1.54, 1.807) is 41.2 Å². The summed E-state index contributed by atoms with van der Waals surface area (Å²) in [6, 6.07) is 9.35. The minimum Gasteiger partial charge on any atom is -0.289 e. The first-order valence-corrected chi connectivity index (χ1v) is 7.90. The van der Waals surface area contributed by atoms with Gasteiger partial charge in [0.25, 0.3) is 11.9 Å². The van der Waals surface area contributed by atoms with Crippen LogP contribution in [0.15, 0.2) is 54.2 Å². The quantitative estimate of drug-likeness (QED) is 0.622. The van der Waals surface area contributed by atoms with Crippen molar-refractivity contribution in [3.63, 3.8) is 0 Å². The molecule has 0 fully saturated rings. The number of hydrogen-bond acceptors (Lipinski definition) is 5. The highest BCUT2D eigenvalue weighted by Gasteiger charge is 2.14. The molecule has 0 saturated heterocycles. The molecule has 3 aromatic heterocycles. The molecule has 0 atom stereocenters. The average molecular weight is 339 g/mol. The van der Waals surface area contributed by atoms with Gasteiger partial charge in [0.1, 0.15) is 5.82 Å². The number of aromatic nitrogens is 4. The molecule has 24 heavy (non-hydrogen) atoms. The molecule has 8 heteroatoms. The second-order valence-electron chi connectivity index (χ2n) is 4.95. The van der Waals surface area contributed by atoms with Crippen LogP contribution in [0.3, 0.4) is 0 Å². The smallest absolute Gasteiger partial charge is 0.258 e. The van der Waals surface area contributed by atoms with E-state index in [1.807, 2.05) is 5.38 Å². The van der Waals surface area contributed by atoms with Crippen molar-refractivity contribution in [1.82, 2.24) is 19.6 Å². The Hall–Kier alpha value is -3.13. The molecule has 6 nitrogen and oxygen atoms in total. The molecule has 0 aliphatic rings. The maximum Gasteiger partial charge on any atom is 0.258 e. The van der Waals surface area contributed by atoms with Crippen molar-refractivity contribution < 1.29 is 9.18 Å². The summed E-state index contributed by atoms with van der Waals surface area (Å²) in [4.78, 5) is 20.9. The number of nitrogens with one attached hydrogen (secondary N) is 1. The van der Waals surface area contributed by atoms with Gasteiger partial charge in [0.05, 0.1) is 5.69 Å². The van der Waals surface area contributed by atoms with Gasteiger partial charge < -0.3 is 0 Å². The van der Waals surface area contributed by atoms with Crippen LogP contribution in [0.4, 0.5) is 10.3 Å². The van der Waals surface area contributed by atoms with Crippen molar-refractivity contribution in [2.45, 2.75) is 0 Å². The van der Waals surface area contributed by atoms with Crippen molar-refractivity contribution >= 4 is 28.2 Å². The van der Waals surface area contributed by atoms with Gasteiger partial charge in [0, 0.05) is 28.9 Å². The number of nitrogens with zero attached hydrogens (tertiary/aromatic N) is 4. The summed E-state index contributed by atoms with van der Waals surface area (Å²) < 4.78 is 14.7. The summed E-state index contributed by atoms with van der Waals surface area (Å²) in [5.74, 6) is -0.389. The topological polar surface area (TPSA) is 72.2 Å². The van der Waals surface area contributed by atoms with E-state index in [9.17, 15) is 9.18 Å². The summed E-state index contributed by atoms with van der Waals surface area (Å²) in [6.07, 6.45) is 3.08. The van der Waals surface area contributed by atoms with Crippen molar-refractivity contribution in [2.24, 2.45) is 0 Å². The Morgan fingerprint density at radius 1 is 1.12 bits per heavy atom. The number of pyridine rings is 1. The second kappa shape index (κ2) is 5.82. The van der Waals surface area contributed by atoms with Gasteiger partial charge in [-0.2, -0.15) is 4.98 Å². The highest BCUT2D eigenvalue weighted by atomic mass is 32.1. The lowest BCUT2D eigenvalue weighted by Crippen LogP contribution is -2.13. The number of amides is 1. The molecule has 1 amide bonds. The number of fused-ring (bicyclic) bond motifs is 1. The molecule has 0 saturated carbocycles. The Kier molecular flexibility index (Phi) is 3.51. The van der Waals surface area contributed by atoms with Gasteiger partial charge in [-0.15, -0.1) is 16.4 Å². The highest BCUT2D eigenvalue weighted by Crippen LogP contribution is 2.26. The van der Waals surface area contributed by atoms with E-state index < -0.39 is 0 Å². The molecule has 118 valence electrons. The van der Waals surface area contributed by atoms with Crippen LogP contribution in [0.1, 0.15) is 10.4 Å². The van der Waals surface area contributed by atoms with Crippen LogP contribution < -0.4 is 5.32 Å². The average Bonchev–Trinajstić information content (AvgIpc) is 3.16. The maximum atomic E-state index is 13.1. The van der Waals surface area contributed by atoms with Crippen molar-refractivity contribution in [3.05, 3.63) is 65.6 Å². The van der Waals surface area contributed by atoms with Gasteiger partial charge in [0.2, 0.25) is 4.96 Å². The number of carbonyl (C=O) groups excluding carboxylic acids is 1. The van der Waals surface area contributed by atoms with Crippen LogP contribution in [0.5, 0.6) is 0 Å². The number of carbonyl (C=O) groups is 1. The third kappa shape index (κ3) is 2.63. The lowest BCUT2D eigenvalue weighted by Gasteiger charge is -2.00. The van der Waals surface area contributed by atoms with Gasteiger partial charge in [0.15, 0.2) is 0 Å². The number of rotatable bonds is 3. The zero-order valence-electron chi connectivity index (χ0n) is 12.2. The number of thiazole rings is 1. The van der Waals surface area contributed by atoms with Crippen LogP contribution in [0.25, 0.3) is 16.2 Å². The predicted molar refractivity (Wildman–Crippen MR) is 88.4 cm³/mol. The largest absolute Gasteiger partial charge is 0.289 e. The first kappa shape index (κ1) is 14.5. The van der Waals surface area contributed by atoms with E-state index in [0.717, 1.165) is 11.3 Å². The van der Waals surface area contributed by atoms with E-state index in [-0.39, 0.29) is 17.7 Å². The van der Waals surface area contributed by atoms with Gasteiger partial charge >= 0.3 is 0 Å².